The standard InChI is InChI=1S/C31H26N2O4/c1-23(36-28-19-15-27(16-20-28)26-10-6-3-7-11-26)31(35)33-32-22-25-12-17-29(18-13-25)37-30(34)21-14-24-8-4-2-5-9-24/h2-23H,1H3,(H,33,35)/b21-14+,32-22-/t23-/m0/s1. The van der Waals surface area contributed by atoms with Crippen LogP contribution in [0.4, 0.5) is 0 Å². The molecule has 0 bridgehead atoms. The molecule has 0 radical (unpaired) electrons. The van der Waals surface area contributed by atoms with Gasteiger partial charge in [0.25, 0.3) is 5.91 Å². The number of hydrogen-bond donors (Lipinski definition) is 1. The minimum absolute atomic E-state index is 0.376. The largest absolute Gasteiger partial charge is 0.481 e. The van der Waals surface area contributed by atoms with Crippen molar-refractivity contribution >= 4 is 24.2 Å². The number of hydrogen-bond acceptors (Lipinski definition) is 5. The molecule has 4 rings (SSSR count). The summed E-state index contributed by atoms with van der Waals surface area (Å²) in [6, 6.07) is 33.9. The quantitative estimate of drug-likeness (QED) is 0.104. The number of carbonyl (C=O) groups is 2. The lowest BCUT2D eigenvalue weighted by Gasteiger charge is -2.13. The number of carbonyl (C=O) groups excluding carboxylic acids is 2. The number of benzene rings is 4. The fourth-order valence-corrected chi connectivity index (χ4v) is 3.38. The summed E-state index contributed by atoms with van der Waals surface area (Å²) < 4.78 is 11.0. The highest BCUT2D eigenvalue weighted by Gasteiger charge is 2.14. The molecule has 0 saturated heterocycles. The van der Waals surface area contributed by atoms with Gasteiger partial charge in [-0.3, -0.25) is 4.79 Å². The normalized spacial score (nSPS) is 11.8. The highest BCUT2D eigenvalue weighted by Crippen LogP contribution is 2.22. The molecule has 1 amide bonds. The first-order valence-electron chi connectivity index (χ1n) is 11.8. The Labute approximate surface area is 215 Å². The molecule has 0 aromatic heterocycles. The van der Waals surface area contributed by atoms with Crippen LogP contribution in [-0.2, 0) is 9.59 Å². The average molecular weight is 491 g/mol. The minimum atomic E-state index is -0.731. The van der Waals surface area contributed by atoms with E-state index in [1.54, 1.807) is 37.3 Å². The van der Waals surface area contributed by atoms with Crippen molar-refractivity contribution in [1.29, 1.82) is 0 Å². The van der Waals surface area contributed by atoms with Crippen molar-refractivity contribution in [3.8, 4) is 22.6 Å². The number of ether oxygens (including phenoxy) is 2. The molecule has 6 nitrogen and oxygen atoms in total. The molecule has 0 aliphatic heterocycles. The van der Waals surface area contributed by atoms with Gasteiger partial charge in [-0.15, -0.1) is 0 Å². The monoisotopic (exact) mass is 490 g/mol. The van der Waals surface area contributed by atoms with Crippen LogP contribution in [0.5, 0.6) is 11.5 Å². The van der Waals surface area contributed by atoms with Gasteiger partial charge in [0.05, 0.1) is 6.21 Å². The first-order valence-corrected chi connectivity index (χ1v) is 11.8. The molecule has 4 aromatic rings. The fourth-order valence-electron chi connectivity index (χ4n) is 3.38. The van der Waals surface area contributed by atoms with Crippen LogP contribution in [0.25, 0.3) is 17.2 Å². The molecular weight excluding hydrogens is 464 g/mol. The van der Waals surface area contributed by atoms with Crippen molar-refractivity contribution in [3.63, 3.8) is 0 Å². The van der Waals surface area contributed by atoms with Crippen molar-refractivity contribution in [2.75, 3.05) is 0 Å². The highest BCUT2D eigenvalue weighted by atomic mass is 16.5. The number of nitrogens with one attached hydrogen (secondary N) is 1. The SMILES string of the molecule is C[C@H](Oc1ccc(-c2ccccc2)cc1)C(=O)N/N=C\c1ccc(OC(=O)/C=C/c2ccccc2)cc1. The van der Waals surface area contributed by atoms with Crippen LogP contribution in [0.2, 0.25) is 0 Å². The Morgan fingerprint density at radius 3 is 2.00 bits per heavy atom. The maximum absolute atomic E-state index is 12.4. The van der Waals surface area contributed by atoms with Crippen molar-refractivity contribution in [2.24, 2.45) is 5.10 Å². The summed E-state index contributed by atoms with van der Waals surface area (Å²) in [7, 11) is 0. The smallest absolute Gasteiger partial charge is 0.336 e. The second-order valence-electron chi connectivity index (χ2n) is 8.12. The molecular formula is C31H26N2O4. The molecule has 0 aliphatic carbocycles. The van der Waals surface area contributed by atoms with E-state index in [9.17, 15) is 9.59 Å². The number of esters is 1. The third kappa shape index (κ3) is 7.77. The zero-order chi connectivity index (χ0) is 25.9. The first kappa shape index (κ1) is 25.1. The van der Waals surface area contributed by atoms with E-state index in [1.807, 2.05) is 84.9 Å². The zero-order valence-corrected chi connectivity index (χ0v) is 20.3. The summed E-state index contributed by atoms with van der Waals surface area (Å²) in [5.41, 5.74) is 6.30. The van der Waals surface area contributed by atoms with Gasteiger partial charge < -0.3 is 9.47 Å². The van der Waals surface area contributed by atoms with Crippen LogP contribution in [0.15, 0.2) is 120 Å². The van der Waals surface area contributed by atoms with E-state index >= 15 is 0 Å². The van der Waals surface area contributed by atoms with E-state index in [1.165, 1.54) is 12.3 Å². The fraction of sp³-hybridized carbons (Fsp3) is 0.0645. The first-order chi connectivity index (χ1) is 18.1. The third-order valence-electron chi connectivity index (χ3n) is 5.34. The molecule has 0 fully saturated rings. The Bertz CT molecular complexity index is 1360. The molecule has 4 aromatic carbocycles. The number of nitrogens with zero attached hydrogens (tertiary/aromatic N) is 1. The highest BCUT2D eigenvalue weighted by molar-refractivity contribution is 5.89. The van der Waals surface area contributed by atoms with Gasteiger partial charge in [0, 0.05) is 6.08 Å². The second-order valence-corrected chi connectivity index (χ2v) is 8.12. The summed E-state index contributed by atoms with van der Waals surface area (Å²) in [6.45, 7) is 1.66. The maximum atomic E-state index is 12.4. The van der Waals surface area contributed by atoms with Crippen molar-refractivity contribution < 1.29 is 19.1 Å². The van der Waals surface area contributed by atoms with Gasteiger partial charge in [0.2, 0.25) is 0 Å². The zero-order valence-electron chi connectivity index (χ0n) is 20.3. The number of hydrazone groups is 1. The minimum Gasteiger partial charge on any atom is -0.481 e. The average Bonchev–Trinajstić information content (AvgIpc) is 2.94. The molecule has 1 N–H and O–H groups in total. The lowest BCUT2D eigenvalue weighted by atomic mass is 10.1. The summed E-state index contributed by atoms with van der Waals surface area (Å²) >= 11 is 0. The number of amides is 1. The van der Waals surface area contributed by atoms with Gasteiger partial charge in [-0.05, 0) is 71.7 Å². The Morgan fingerprint density at radius 2 is 1.32 bits per heavy atom. The molecule has 37 heavy (non-hydrogen) atoms. The Kier molecular flexibility index (Phi) is 8.59. The van der Waals surface area contributed by atoms with Gasteiger partial charge in [0.15, 0.2) is 6.10 Å². The molecule has 0 unspecified atom stereocenters. The van der Waals surface area contributed by atoms with E-state index in [4.69, 9.17) is 9.47 Å². The van der Waals surface area contributed by atoms with Crippen LogP contribution >= 0.6 is 0 Å². The summed E-state index contributed by atoms with van der Waals surface area (Å²) in [5.74, 6) is 0.152. The number of rotatable bonds is 9. The van der Waals surface area contributed by atoms with E-state index in [0.29, 0.717) is 11.5 Å². The summed E-state index contributed by atoms with van der Waals surface area (Å²) in [5, 5.41) is 3.99. The van der Waals surface area contributed by atoms with E-state index < -0.39 is 12.1 Å². The molecule has 0 spiro atoms. The molecule has 1 atom stereocenters. The van der Waals surface area contributed by atoms with Crippen LogP contribution in [0, 0.1) is 0 Å². The van der Waals surface area contributed by atoms with E-state index in [0.717, 1.165) is 22.3 Å². The van der Waals surface area contributed by atoms with Crippen LogP contribution in [-0.4, -0.2) is 24.2 Å². The Balaban J connectivity index is 1.23. The molecule has 6 heteroatoms. The van der Waals surface area contributed by atoms with Crippen molar-refractivity contribution in [3.05, 3.63) is 126 Å². The third-order valence-corrected chi connectivity index (χ3v) is 5.34. The van der Waals surface area contributed by atoms with E-state index in [-0.39, 0.29) is 5.91 Å². The van der Waals surface area contributed by atoms with Gasteiger partial charge in [-0.25, -0.2) is 10.2 Å². The van der Waals surface area contributed by atoms with Crippen LogP contribution in [0.1, 0.15) is 18.1 Å². The topological polar surface area (TPSA) is 77.0 Å². The summed E-state index contributed by atoms with van der Waals surface area (Å²) in [6.07, 6.45) is 3.84. The van der Waals surface area contributed by atoms with Crippen molar-refractivity contribution in [1.82, 2.24) is 5.43 Å². The van der Waals surface area contributed by atoms with Gasteiger partial charge in [0.1, 0.15) is 11.5 Å². The van der Waals surface area contributed by atoms with Gasteiger partial charge >= 0.3 is 5.97 Å². The van der Waals surface area contributed by atoms with Gasteiger partial charge in [-0.1, -0.05) is 72.8 Å². The molecule has 184 valence electrons. The van der Waals surface area contributed by atoms with Gasteiger partial charge in [-0.2, -0.15) is 5.10 Å². The molecule has 0 aliphatic rings. The lowest BCUT2D eigenvalue weighted by Crippen LogP contribution is -2.33. The van der Waals surface area contributed by atoms with Crippen LogP contribution in [0.3, 0.4) is 0 Å². The maximum Gasteiger partial charge on any atom is 0.336 e. The molecule has 0 heterocycles. The summed E-state index contributed by atoms with van der Waals surface area (Å²) in [4.78, 5) is 24.4. The van der Waals surface area contributed by atoms with Crippen LogP contribution < -0.4 is 14.9 Å². The Morgan fingerprint density at radius 1 is 0.730 bits per heavy atom. The lowest BCUT2D eigenvalue weighted by molar-refractivity contribution is -0.129. The Hall–Kier alpha value is -4.97. The predicted octanol–water partition coefficient (Wildman–Crippen LogP) is 5.89. The predicted molar refractivity (Wildman–Crippen MR) is 145 cm³/mol. The second kappa shape index (κ2) is 12.7. The molecule has 0 saturated carbocycles. The van der Waals surface area contributed by atoms with E-state index in [2.05, 4.69) is 10.5 Å². The van der Waals surface area contributed by atoms with Crippen molar-refractivity contribution in [2.45, 2.75) is 13.0 Å².